The van der Waals surface area contributed by atoms with Gasteiger partial charge in [-0.05, 0) is 6.42 Å². The van der Waals surface area contributed by atoms with Crippen LogP contribution in [0, 0.1) is 0 Å². The van der Waals surface area contributed by atoms with Gasteiger partial charge in [0.05, 0.1) is 18.9 Å². The van der Waals surface area contributed by atoms with Crippen molar-refractivity contribution in [1.82, 2.24) is 5.16 Å². The summed E-state index contributed by atoms with van der Waals surface area (Å²) in [6.07, 6.45) is 0.924. The third kappa shape index (κ3) is 1.83. The van der Waals surface area contributed by atoms with Gasteiger partial charge in [-0.1, -0.05) is 12.1 Å². The zero-order valence-electron chi connectivity index (χ0n) is 7.82. The van der Waals surface area contributed by atoms with Gasteiger partial charge in [0.2, 0.25) is 5.88 Å². The number of morpholine rings is 1. The maximum absolute atomic E-state index is 5.25. The molecule has 0 saturated carbocycles. The van der Waals surface area contributed by atoms with Crippen molar-refractivity contribution in [3.63, 3.8) is 0 Å². The number of rotatable bonds is 2. The minimum atomic E-state index is 0.780. The highest BCUT2D eigenvalue weighted by molar-refractivity contribution is 5.36. The summed E-state index contributed by atoms with van der Waals surface area (Å²) in [4.78, 5) is 2.16. The van der Waals surface area contributed by atoms with Crippen molar-refractivity contribution in [3.05, 3.63) is 11.8 Å². The molecule has 0 N–H and O–H groups in total. The molecule has 2 rings (SSSR count). The molecule has 0 atom stereocenters. The SMILES string of the molecule is CCc1cc(N2CCOCC2)on1. The van der Waals surface area contributed by atoms with Gasteiger partial charge in [0.1, 0.15) is 0 Å². The Hall–Kier alpha value is -1.03. The molecule has 0 aromatic carbocycles. The predicted octanol–water partition coefficient (Wildman–Crippen LogP) is 1.07. The third-order valence-electron chi connectivity index (χ3n) is 2.23. The minimum Gasteiger partial charge on any atom is -0.378 e. The first kappa shape index (κ1) is 8.56. The number of hydrogen-bond acceptors (Lipinski definition) is 4. The lowest BCUT2D eigenvalue weighted by atomic mass is 10.3. The van der Waals surface area contributed by atoms with Gasteiger partial charge in [-0.25, -0.2) is 0 Å². The van der Waals surface area contributed by atoms with Crippen molar-refractivity contribution in [2.45, 2.75) is 13.3 Å². The highest BCUT2D eigenvalue weighted by Gasteiger charge is 2.14. The van der Waals surface area contributed by atoms with Crippen LogP contribution in [0.1, 0.15) is 12.6 Å². The standard InChI is InChI=1S/C9H14N2O2/c1-2-8-7-9(13-10-8)11-3-5-12-6-4-11/h7H,2-6H2,1H3. The Labute approximate surface area is 77.5 Å². The fourth-order valence-corrected chi connectivity index (χ4v) is 1.40. The van der Waals surface area contributed by atoms with Crippen LogP contribution >= 0.6 is 0 Å². The lowest BCUT2D eigenvalue weighted by molar-refractivity contribution is 0.120. The second-order valence-electron chi connectivity index (χ2n) is 3.11. The fraction of sp³-hybridized carbons (Fsp3) is 0.667. The molecule has 4 nitrogen and oxygen atoms in total. The van der Waals surface area contributed by atoms with E-state index in [4.69, 9.17) is 9.26 Å². The number of ether oxygens (including phenoxy) is 1. The Morgan fingerprint density at radius 2 is 2.23 bits per heavy atom. The van der Waals surface area contributed by atoms with Crippen LogP contribution in [0.4, 0.5) is 5.88 Å². The maximum Gasteiger partial charge on any atom is 0.227 e. The van der Waals surface area contributed by atoms with Crippen molar-refractivity contribution in [1.29, 1.82) is 0 Å². The first-order valence-electron chi connectivity index (χ1n) is 4.68. The Balaban J connectivity index is 2.05. The Bertz CT molecular complexity index is 266. The number of aryl methyl sites for hydroxylation is 1. The van der Waals surface area contributed by atoms with Crippen molar-refractivity contribution >= 4 is 5.88 Å². The van der Waals surface area contributed by atoms with E-state index in [9.17, 15) is 0 Å². The maximum atomic E-state index is 5.25. The zero-order valence-corrected chi connectivity index (χ0v) is 7.82. The summed E-state index contributed by atoms with van der Waals surface area (Å²) in [6, 6.07) is 2.01. The Morgan fingerprint density at radius 1 is 1.46 bits per heavy atom. The van der Waals surface area contributed by atoms with Gasteiger partial charge in [0, 0.05) is 19.2 Å². The van der Waals surface area contributed by atoms with Crippen LogP contribution in [0.5, 0.6) is 0 Å². The van der Waals surface area contributed by atoms with Crippen molar-refractivity contribution in [2.24, 2.45) is 0 Å². The fourth-order valence-electron chi connectivity index (χ4n) is 1.40. The molecular weight excluding hydrogens is 168 g/mol. The molecule has 1 aliphatic heterocycles. The van der Waals surface area contributed by atoms with Gasteiger partial charge in [-0.15, -0.1) is 0 Å². The molecule has 0 radical (unpaired) electrons. The lowest BCUT2D eigenvalue weighted by Crippen LogP contribution is -2.35. The van der Waals surface area contributed by atoms with Crippen LogP contribution in [0.2, 0.25) is 0 Å². The highest BCUT2D eigenvalue weighted by Crippen LogP contribution is 2.16. The third-order valence-corrected chi connectivity index (χ3v) is 2.23. The smallest absolute Gasteiger partial charge is 0.227 e. The lowest BCUT2D eigenvalue weighted by Gasteiger charge is -2.25. The Morgan fingerprint density at radius 3 is 2.85 bits per heavy atom. The second-order valence-corrected chi connectivity index (χ2v) is 3.11. The summed E-state index contributed by atoms with van der Waals surface area (Å²) in [5, 5.41) is 3.95. The van der Waals surface area contributed by atoms with Crippen molar-refractivity contribution in [2.75, 3.05) is 31.2 Å². The summed E-state index contributed by atoms with van der Waals surface area (Å²) >= 11 is 0. The number of nitrogens with zero attached hydrogens (tertiary/aromatic N) is 2. The molecular formula is C9H14N2O2. The van der Waals surface area contributed by atoms with Crippen LogP contribution in [0.25, 0.3) is 0 Å². The summed E-state index contributed by atoms with van der Waals surface area (Å²) < 4.78 is 10.5. The molecule has 1 aromatic rings. The average Bonchev–Trinajstić information content (AvgIpc) is 2.67. The van der Waals surface area contributed by atoms with Crippen LogP contribution in [-0.2, 0) is 11.2 Å². The largest absolute Gasteiger partial charge is 0.378 e. The van der Waals surface area contributed by atoms with Crippen LogP contribution in [0.3, 0.4) is 0 Å². The van der Waals surface area contributed by atoms with Gasteiger partial charge in [0.15, 0.2) is 0 Å². The first-order chi connectivity index (χ1) is 6.40. The Kier molecular flexibility index (Phi) is 2.49. The van der Waals surface area contributed by atoms with Crippen LogP contribution in [-0.4, -0.2) is 31.5 Å². The number of hydrogen-bond donors (Lipinski definition) is 0. The van der Waals surface area contributed by atoms with Crippen LogP contribution in [0.15, 0.2) is 10.6 Å². The summed E-state index contributed by atoms with van der Waals surface area (Å²) in [5.74, 6) is 0.875. The molecule has 1 fully saturated rings. The normalized spacial score (nSPS) is 17.8. The minimum absolute atomic E-state index is 0.780. The molecule has 4 heteroatoms. The number of anilines is 1. The average molecular weight is 182 g/mol. The highest BCUT2D eigenvalue weighted by atomic mass is 16.5. The van der Waals surface area contributed by atoms with Gasteiger partial charge < -0.3 is 14.2 Å². The van der Waals surface area contributed by atoms with Crippen molar-refractivity contribution < 1.29 is 9.26 Å². The van der Waals surface area contributed by atoms with E-state index < -0.39 is 0 Å². The zero-order chi connectivity index (χ0) is 9.10. The summed E-state index contributed by atoms with van der Waals surface area (Å²) in [6.45, 7) is 5.43. The number of aromatic nitrogens is 1. The van der Waals surface area contributed by atoms with Crippen molar-refractivity contribution in [3.8, 4) is 0 Å². The van der Waals surface area contributed by atoms with Gasteiger partial charge in [-0.3, -0.25) is 0 Å². The van der Waals surface area contributed by atoms with Crippen LogP contribution < -0.4 is 4.90 Å². The predicted molar refractivity (Wildman–Crippen MR) is 48.9 cm³/mol. The molecule has 0 aliphatic carbocycles. The molecule has 0 bridgehead atoms. The quantitative estimate of drug-likeness (QED) is 0.686. The summed E-state index contributed by atoms with van der Waals surface area (Å²) in [7, 11) is 0. The van der Waals surface area contributed by atoms with Gasteiger partial charge >= 0.3 is 0 Å². The van der Waals surface area contributed by atoms with E-state index in [0.717, 1.165) is 44.3 Å². The molecule has 0 amide bonds. The summed E-state index contributed by atoms with van der Waals surface area (Å²) in [5.41, 5.74) is 1.02. The van der Waals surface area contributed by atoms with E-state index >= 15 is 0 Å². The molecule has 1 aliphatic rings. The topological polar surface area (TPSA) is 38.5 Å². The molecule has 0 unspecified atom stereocenters. The van der Waals surface area contributed by atoms with E-state index in [2.05, 4.69) is 17.0 Å². The van der Waals surface area contributed by atoms with E-state index in [1.807, 2.05) is 6.07 Å². The molecule has 72 valence electrons. The molecule has 0 spiro atoms. The van der Waals surface area contributed by atoms with E-state index in [1.54, 1.807) is 0 Å². The molecule has 13 heavy (non-hydrogen) atoms. The van der Waals surface area contributed by atoms with Gasteiger partial charge in [0.25, 0.3) is 0 Å². The van der Waals surface area contributed by atoms with E-state index in [-0.39, 0.29) is 0 Å². The molecule has 2 heterocycles. The first-order valence-corrected chi connectivity index (χ1v) is 4.68. The van der Waals surface area contributed by atoms with E-state index in [1.165, 1.54) is 0 Å². The second kappa shape index (κ2) is 3.79. The van der Waals surface area contributed by atoms with Gasteiger partial charge in [-0.2, -0.15) is 0 Å². The molecule has 1 aromatic heterocycles. The molecule has 1 saturated heterocycles. The monoisotopic (exact) mass is 182 g/mol. The van der Waals surface area contributed by atoms with E-state index in [0.29, 0.717) is 0 Å².